The van der Waals surface area contributed by atoms with Crippen molar-refractivity contribution in [1.82, 2.24) is 15.2 Å². The predicted molar refractivity (Wildman–Crippen MR) is 137 cm³/mol. The summed E-state index contributed by atoms with van der Waals surface area (Å²) in [5, 5.41) is 3.99. The van der Waals surface area contributed by atoms with Gasteiger partial charge in [-0.2, -0.15) is 0 Å². The van der Waals surface area contributed by atoms with Crippen LogP contribution in [-0.4, -0.2) is 46.9 Å². The Balaban J connectivity index is 1.06. The summed E-state index contributed by atoms with van der Waals surface area (Å²) in [5.41, 5.74) is 3.28. The van der Waals surface area contributed by atoms with Gasteiger partial charge < -0.3 is 19.9 Å². The number of aromatic amines is 1. The van der Waals surface area contributed by atoms with E-state index >= 15 is 0 Å². The summed E-state index contributed by atoms with van der Waals surface area (Å²) in [4.78, 5) is 42.8. The van der Waals surface area contributed by atoms with Gasteiger partial charge in [0, 0.05) is 48.1 Å². The first-order valence-electron chi connectivity index (χ1n) is 12.9. The number of aryl methyl sites for hydroxylation is 1. The molecule has 0 bridgehead atoms. The molecule has 1 aliphatic carbocycles. The molecule has 2 amide bonds. The fraction of sp³-hybridized carbons (Fsp3) is 0.414. The Bertz CT molecular complexity index is 1400. The quantitative estimate of drug-likeness (QED) is 0.593. The number of para-hydroxylation sites is 1. The lowest BCUT2D eigenvalue weighted by atomic mass is 9.73. The van der Waals surface area contributed by atoms with Crippen molar-refractivity contribution in [2.75, 3.05) is 13.1 Å². The Labute approximate surface area is 209 Å². The van der Waals surface area contributed by atoms with Gasteiger partial charge in [0.2, 0.25) is 5.56 Å². The number of ether oxygens (including phenoxy) is 1. The normalized spacial score (nSPS) is 25.1. The summed E-state index contributed by atoms with van der Waals surface area (Å²) in [6.07, 6.45) is 4.02. The van der Waals surface area contributed by atoms with E-state index < -0.39 is 6.10 Å². The highest BCUT2D eigenvalue weighted by Crippen LogP contribution is 2.38. The van der Waals surface area contributed by atoms with Crippen LogP contribution in [-0.2, 0) is 11.2 Å². The molecule has 36 heavy (non-hydrogen) atoms. The Hall–Kier alpha value is -3.61. The van der Waals surface area contributed by atoms with Gasteiger partial charge in [-0.05, 0) is 73.8 Å². The lowest BCUT2D eigenvalue weighted by Crippen LogP contribution is -2.51. The lowest BCUT2D eigenvalue weighted by molar-refractivity contribution is -0.141. The minimum absolute atomic E-state index is 0.100. The van der Waals surface area contributed by atoms with Gasteiger partial charge in [0.1, 0.15) is 5.75 Å². The third kappa shape index (κ3) is 4.16. The number of nitrogens with one attached hydrogen (secondary N) is 2. The van der Waals surface area contributed by atoms with E-state index in [2.05, 4.69) is 16.4 Å². The molecule has 2 N–H and O–H groups in total. The highest BCUT2D eigenvalue weighted by atomic mass is 16.5. The van der Waals surface area contributed by atoms with Crippen molar-refractivity contribution in [3.8, 4) is 5.75 Å². The lowest BCUT2D eigenvalue weighted by Gasteiger charge is -2.44. The largest absolute Gasteiger partial charge is 0.480 e. The monoisotopic (exact) mass is 485 g/mol. The molecule has 1 saturated carbocycles. The molecule has 7 nitrogen and oxygen atoms in total. The molecule has 3 heterocycles. The summed E-state index contributed by atoms with van der Waals surface area (Å²) >= 11 is 0. The molecule has 4 atom stereocenters. The average molecular weight is 486 g/mol. The van der Waals surface area contributed by atoms with E-state index in [1.165, 1.54) is 6.07 Å². The summed E-state index contributed by atoms with van der Waals surface area (Å²) < 4.78 is 6.07. The fourth-order valence-corrected chi connectivity index (χ4v) is 6.36. The molecule has 1 saturated heterocycles. The smallest absolute Gasteiger partial charge is 0.264 e. The number of hydrogen-bond donors (Lipinski definition) is 2. The van der Waals surface area contributed by atoms with Gasteiger partial charge in [0.15, 0.2) is 6.10 Å². The number of pyridine rings is 1. The molecular formula is C29H31N3O4. The van der Waals surface area contributed by atoms with Gasteiger partial charge in [-0.25, -0.2) is 0 Å². The zero-order valence-electron chi connectivity index (χ0n) is 20.5. The second kappa shape index (κ2) is 9.12. The van der Waals surface area contributed by atoms with E-state index in [0.29, 0.717) is 29.3 Å². The van der Waals surface area contributed by atoms with Crippen LogP contribution in [0.15, 0.2) is 53.3 Å². The fourth-order valence-electron chi connectivity index (χ4n) is 6.36. The van der Waals surface area contributed by atoms with E-state index in [4.69, 9.17) is 4.74 Å². The molecule has 3 aliphatic rings. The molecule has 1 aromatic heterocycles. The number of carbonyl (C=O) groups is 2. The highest BCUT2D eigenvalue weighted by Gasteiger charge is 2.40. The van der Waals surface area contributed by atoms with Gasteiger partial charge in [0.05, 0.1) is 0 Å². The van der Waals surface area contributed by atoms with E-state index in [1.54, 1.807) is 18.2 Å². The number of amides is 2. The number of piperidine rings is 1. The Kier molecular flexibility index (Phi) is 5.78. The number of aromatic nitrogens is 1. The SMILES string of the molecule is Cc1cccc2c1OC(C(=O)N1CCC3CC(NC(=O)c4cccc5[nH]c(=O)ccc45)CCC3C1)C2. The van der Waals surface area contributed by atoms with Crippen LogP contribution >= 0.6 is 0 Å². The van der Waals surface area contributed by atoms with E-state index in [-0.39, 0.29) is 23.4 Å². The van der Waals surface area contributed by atoms with E-state index in [0.717, 1.165) is 61.0 Å². The molecule has 2 aliphatic heterocycles. The van der Waals surface area contributed by atoms with Crippen molar-refractivity contribution < 1.29 is 14.3 Å². The first-order valence-corrected chi connectivity index (χ1v) is 12.9. The highest BCUT2D eigenvalue weighted by molar-refractivity contribution is 6.06. The first kappa shape index (κ1) is 22.8. The maximum absolute atomic E-state index is 13.3. The number of hydrogen-bond acceptors (Lipinski definition) is 4. The van der Waals surface area contributed by atoms with E-state index in [9.17, 15) is 14.4 Å². The van der Waals surface area contributed by atoms with Crippen LogP contribution in [0.3, 0.4) is 0 Å². The van der Waals surface area contributed by atoms with Crippen LogP contribution in [0.5, 0.6) is 5.75 Å². The Morgan fingerprint density at radius 1 is 1.03 bits per heavy atom. The molecule has 0 spiro atoms. The van der Waals surface area contributed by atoms with Crippen molar-refractivity contribution in [3.05, 3.63) is 75.6 Å². The molecule has 186 valence electrons. The minimum Gasteiger partial charge on any atom is -0.480 e. The molecule has 2 aromatic carbocycles. The summed E-state index contributed by atoms with van der Waals surface area (Å²) in [6, 6.07) is 14.8. The number of likely N-dealkylation sites (tertiary alicyclic amines) is 1. The van der Waals surface area contributed by atoms with Gasteiger partial charge in [-0.1, -0.05) is 24.3 Å². The number of rotatable bonds is 3. The second-order valence-corrected chi connectivity index (χ2v) is 10.5. The third-order valence-electron chi connectivity index (χ3n) is 8.26. The molecule has 4 unspecified atom stereocenters. The maximum atomic E-state index is 13.3. The summed E-state index contributed by atoms with van der Waals surface area (Å²) in [6.45, 7) is 3.54. The van der Waals surface area contributed by atoms with Crippen molar-refractivity contribution in [3.63, 3.8) is 0 Å². The van der Waals surface area contributed by atoms with Crippen LogP contribution in [0.4, 0.5) is 0 Å². The van der Waals surface area contributed by atoms with Gasteiger partial charge in [0.25, 0.3) is 11.8 Å². The van der Waals surface area contributed by atoms with Crippen molar-refractivity contribution in [2.45, 2.75) is 51.2 Å². The predicted octanol–water partition coefficient (Wildman–Crippen LogP) is 3.59. The zero-order valence-corrected chi connectivity index (χ0v) is 20.5. The topological polar surface area (TPSA) is 91.5 Å². The van der Waals surface area contributed by atoms with Crippen molar-refractivity contribution >= 4 is 22.7 Å². The summed E-state index contributed by atoms with van der Waals surface area (Å²) in [5.74, 6) is 1.84. The van der Waals surface area contributed by atoms with Gasteiger partial charge in [-0.15, -0.1) is 0 Å². The number of carbonyl (C=O) groups excluding carboxylic acids is 2. The van der Waals surface area contributed by atoms with Crippen LogP contribution < -0.4 is 15.6 Å². The van der Waals surface area contributed by atoms with Gasteiger partial charge >= 0.3 is 0 Å². The molecular weight excluding hydrogens is 454 g/mol. The molecule has 7 heteroatoms. The standard InChI is InChI=1S/C29H31N3O4/c1-17-4-2-5-19-15-25(36-27(17)19)29(35)32-13-12-18-14-21(9-8-20(18)16-32)30-28(34)23-6-3-7-24-22(23)10-11-26(33)31-24/h2-7,10-11,18,20-21,25H,8-9,12-16H2,1H3,(H,30,34)(H,31,33). The van der Waals surface area contributed by atoms with Crippen LogP contribution in [0.25, 0.3) is 10.9 Å². The number of benzene rings is 2. The van der Waals surface area contributed by atoms with Crippen LogP contribution in [0, 0.1) is 18.8 Å². The molecule has 6 rings (SSSR count). The van der Waals surface area contributed by atoms with Crippen molar-refractivity contribution in [2.24, 2.45) is 11.8 Å². The first-order chi connectivity index (χ1) is 17.5. The summed E-state index contributed by atoms with van der Waals surface area (Å²) in [7, 11) is 0. The minimum atomic E-state index is -0.413. The Morgan fingerprint density at radius 3 is 2.75 bits per heavy atom. The van der Waals surface area contributed by atoms with E-state index in [1.807, 2.05) is 30.0 Å². The average Bonchev–Trinajstić information content (AvgIpc) is 3.33. The van der Waals surface area contributed by atoms with Gasteiger partial charge in [-0.3, -0.25) is 14.4 Å². The molecule has 0 radical (unpaired) electrons. The van der Waals surface area contributed by atoms with Crippen LogP contribution in [0.2, 0.25) is 0 Å². The zero-order chi connectivity index (χ0) is 24.8. The number of nitrogens with zero attached hydrogens (tertiary/aromatic N) is 1. The Morgan fingerprint density at radius 2 is 1.89 bits per heavy atom. The number of fused-ring (bicyclic) bond motifs is 3. The molecule has 2 fully saturated rings. The molecule has 3 aromatic rings. The second-order valence-electron chi connectivity index (χ2n) is 10.5. The van der Waals surface area contributed by atoms with Crippen LogP contribution in [0.1, 0.15) is 47.2 Å². The van der Waals surface area contributed by atoms with Crippen molar-refractivity contribution in [1.29, 1.82) is 0 Å². The number of H-pyrrole nitrogens is 1. The maximum Gasteiger partial charge on any atom is 0.264 e. The third-order valence-corrected chi connectivity index (χ3v) is 8.26.